The first kappa shape index (κ1) is 30.0. The molecule has 1 amide bonds. The Morgan fingerprint density at radius 1 is 1.13 bits per heavy atom. The second-order valence-corrected chi connectivity index (χ2v) is 11.0. The minimum Gasteiger partial charge on any atom is -0.495 e. The van der Waals surface area contributed by atoms with Gasteiger partial charge in [0.1, 0.15) is 16.3 Å². The van der Waals surface area contributed by atoms with E-state index in [9.17, 15) is 31.2 Å². The third-order valence-corrected chi connectivity index (χ3v) is 7.82. The number of aromatic amines is 1. The van der Waals surface area contributed by atoms with Gasteiger partial charge in [0.05, 0.1) is 19.0 Å². The molecule has 3 rings (SSSR count). The van der Waals surface area contributed by atoms with Crippen molar-refractivity contribution in [3.8, 4) is 5.75 Å². The summed E-state index contributed by atoms with van der Waals surface area (Å²) in [6.45, 7) is 0.0255. The van der Waals surface area contributed by atoms with Gasteiger partial charge in [-0.1, -0.05) is 22.4 Å². The molecule has 0 spiro atoms. The number of nitrogens with zero attached hydrogens (tertiary/aromatic N) is 2. The number of unbranched alkanes of at least 4 members (excludes halogenated alkanes) is 2. The van der Waals surface area contributed by atoms with Gasteiger partial charge < -0.3 is 20.1 Å². The zero-order valence-corrected chi connectivity index (χ0v) is 22.9. The molecule has 0 fully saturated rings. The van der Waals surface area contributed by atoms with Crippen LogP contribution in [-0.4, -0.2) is 49.0 Å². The van der Waals surface area contributed by atoms with Gasteiger partial charge in [-0.3, -0.25) is 13.9 Å². The summed E-state index contributed by atoms with van der Waals surface area (Å²) >= 11 is 3.31. The normalized spacial score (nSPS) is 11.7. The summed E-state index contributed by atoms with van der Waals surface area (Å²) in [7, 11) is -3.03. The molecule has 0 bridgehead atoms. The van der Waals surface area contributed by atoms with Gasteiger partial charge >= 0.3 is 12.1 Å². The number of carboxylic acid groups (broad SMARTS) is 1. The first-order valence-electron chi connectivity index (χ1n) is 11.4. The highest BCUT2D eigenvalue weighted by Crippen LogP contribution is 2.33. The number of carboxylic acids is 1. The number of hydrogen-bond acceptors (Lipinski definition) is 6. The number of sulfonamides is 1. The average molecular weight is 633 g/mol. The maximum absolute atomic E-state index is 13.9. The molecule has 0 radical (unpaired) electrons. The fourth-order valence-electron chi connectivity index (χ4n) is 3.56. The van der Waals surface area contributed by atoms with Gasteiger partial charge in [-0.05, 0) is 55.3 Å². The number of ether oxygens (including phenoxy) is 1. The predicted molar refractivity (Wildman–Crippen MR) is 139 cm³/mol. The molecule has 39 heavy (non-hydrogen) atoms. The molecule has 0 unspecified atom stereocenters. The van der Waals surface area contributed by atoms with Crippen molar-refractivity contribution in [3.63, 3.8) is 0 Å². The first-order chi connectivity index (χ1) is 18.3. The van der Waals surface area contributed by atoms with Crippen molar-refractivity contribution in [1.29, 1.82) is 0 Å². The van der Waals surface area contributed by atoms with E-state index < -0.39 is 39.6 Å². The number of carbonyl (C=O) groups excluding carboxylic acids is 1. The van der Waals surface area contributed by atoms with Gasteiger partial charge in [0.25, 0.3) is 15.9 Å². The number of rotatable bonds is 12. The van der Waals surface area contributed by atoms with E-state index in [-0.39, 0.29) is 29.3 Å². The van der Waals surface area contributed by atoms with Crippen LogP contribution in [0.2, 0.25) is 0 Å². The smallest absolute Gasteiger partial charge is 0.449 e. The molecular formula is C24H24BrF3N4O6S. The molecule has 210 valence electrons. The summed E-state index contributed by atoms with van der Waals surface area (Å²) in [6.07, 6.45) is -2.89. The molecule has 0 saturated carbocycles. The molecule has 0 aliphatic heterocycles. The van der Waals surface area contributed by atoms with Crippen molar-refractivity contribution in [2.75, 3.05) is 23.3 Å². The highest BCUT2D eigenvalue weighted by atomic mass is 79.9. The lowest BCUT2D eigenvalue weighted by Gasteiger charge is -2.26. The van der Waals surface area contributed by atoms with Crippen molar-refractivity contribution in [3.05, 3.63) is 64.7 Å². The van der Waals surface area contributed by atoms with Crippen LogP contribution in [-0.2, 0) is 21.0 Å². The summed E-state index contributed by atoms with van der Waals surface area (Å²) in [6, 6.07) is 10.3. The van der Waals surface area contributed by atoms with E-state index in [2.05, 4.69) is 26.2 Å². The van der Waals surface area contributed by atoms with Crippen LogP contribution in [0.25, 0.3) is 0 Å². The standard InChI is InChI=1S/C24H24BrF3N4O6S/c1-38-19-11-8-16(30-22(35)18-14-29-23(31-18)24(26,27)28)13-20(19)39(36,37)32(12-4-2-3-5-21(33)34)17-9-6-15(25)7-10-17/h6-11,13-14H,2-5,12H2,1H3,(H,29,31)(H,30,35)(H,33,34). The number of aromatic nitrogens is 2. The van der Waals surface area contributed by atoms with Gasteiger partial charge in [-0.2, -0.15) is 13.2 Å². The van der Waals surface area contributed by atoms with Crippen LogP contribution in [0.5, 0.6) is 5.75 Å². The summed E-state index contributed by atoms with van der Waals surface area (Å²) in [5, 5.41) is 11.2. The SMILES string of the molecule is COc1ccc(NC(=O)c2cnc(C(F)(F)F)[nH]2)cc1S(=O)(=O)N(CCCCCC(=O)O)c1ccc(Br)cc1. The minimum absolute atomic E-state index is 0.0141. The second-order valence-electron chi connectivity index (χ2n) is 8.22. The number of halogens is 4. The Labute approximate surface area is 230 Å². The number of alkyl halides is 3. The third kappa shape index (κ3) is 7.72. The third-order valence-electron chi connectivity index (χ3n) is 5.44. The zero-order chi connectivity index (χ0) is 28.8. The van der Waals surface area contributed by atoms with E-state index in [0.29, 0.717) is 24.9 Å². The van der Waals surface area contributed by atoms with Gasteiger partial charge in [-0.15, -0.1) is 0 Å². The molecule has 10 nitrogen and oxygen atoms in total. The quantitative estimate of drug-likeness (QED) is 0.230. The summed E-state index contributed by atoms with van der Waals surface area (Å²) in [5.74, 6) is -3.28. The van der Waals surface area contributed by atoms with Gasteiger partial charge in [0.15, 0.2) is 0 Å². The first-order valence-corrected chi connectivity index (χ1v) is 13.7. The number of aliphatic carboxylic acids is 1. The maximum atomic E-state index is 13.9. The highest BCUT2D eigenvalue weighted by molar-refractivity contribution is 9.10. The molecule has 3 aromatic rings. The highest BCUT2D eigenvalue weighted by Gasteiger charge is 2.35. The van der Waals surface area contributed by atoms with Gasteiger partial charge in [0, 0.05) is 23.1 Å². The minimum atomic E-state index is -4.77. The zero-order valence-electron chi connectivity index (χ0n) is 20.5. The monoisotopic (exact) mass is 632 g/mol. The van der Waals surface area contributed by atoms with Crippen LogP contribution in [0.3, 0.4) is 0 Å². The summed E-state index contributed by atoms with van der Waals surface area (Å²) in [4.78, 5) is 28.1. The Kier molecular flexibility index (Phi) is 9.61. The van der Waals surface area contributed by atoms with Crippen molar-refractivity contribution < 1.29 is 41.0 Å². The molecule has 0 aliphatic rings. The van der Waals surface area contributed by atoms with E-state index >= 15 is 0 Å². The Morgan fingerprint density at radius 3 is 2.41 bits per heavy atom. The van der Waals surface area contributed by atoms with Crippen LogP contribution >= 0.6 is 15.9 Å². The van der Waals surface area contributed by atoms with Crippen molar-refractivity contribution in [2.45, 2.75) is 36.8 Å². The van der Waals surface area contributed by atoms with Gasteiger partial charge in [-0.25, -0.2) is 13.4 Å². The van der Waals surface area contributed by atoms with E-state index in [0.717, 1.165) is 21.0 Å². The summed E-state index contributed by atoms with van der Waals surface area (Å²) in [5.41, 5.74) is -0.148. The predicted octanol–water partition coefficient (Wildman–Crippen LogP) is 5.29. The van der Waals surface area contributed by atoms with Gasteiger partial charge in [0.2, 0.25) is 5.82 Å². The Bertz CT molecular complexity index is 1430. The van der Waals surface area contributed by atoms with E-state index in [1.165, 1.54) is 19.2 Å². The van der Waals surface area contributed by atoms with E-state index in [1.54, 1.807) is 24.3 Å². The van der Waals surface area contributed by atoms with E-state index in [4.69, 9.17) is 9.84 Å². The number of amides is 1. The fraction of sp³-hybridized carbons (Fsp3) is 0.292. The lowest BCUT2D eigenvalue weighted by molar-refractivity contribution is -0.144. The Hall–Kier alpha value is -3.59. The Balaban J connectivity index is 1.92. The van der Waals surface area contributed by atoms with Crippen LogP contribution in [0, 0.1) is 0 Å². The molecule has 15 heteroatoms. The Morgan fingerprint density at radius 2 is 1.82 bits per heavy atom. The number of methoxy groups -OCH3 is 1. The molecule has 0 atom stereocenters. The maximum Gasteiger partial charge on any atom is 0.449 e. The van der Waals surface area contributed by atoms with Crippen LogP contribution in [0.4, 0.5) is 24.5 Å². The molecule has 0 aliphatic carbocycles. The fourth-order valence-corrected chi connectivity index (χ4v) is 5.51. The van der Waals surface area contributed by atoms with Crippen molar-refractivity contribution in [2.24, 2.45) is 0 Å². The lowest BCUT2D eigenvalue weighted by Crippen LogP contribution is -2.32. The largest absolute Gasteiger partial charge is 0.495 e. The number of carbonyl (C=O) groups is 2. The topological polar surface area (TPSA) is 142 Å². The molecule has 3 N–H and O–H groups in total. The van der Waals surface area contributed by atoms with E-state index in [1.807, 2.05) is 4.98 Å². The van der Waals surface area contributed by atoms with Crippen LogP contribution in [0.15, 0.2) is 58.0 Å². The molecule has 1 aromatic heterocycles. The molecular weight excluding hydrogens is 609 g/mol. The molecule has 1 heterocycles. The lowest BCUT2D eigenvalue weighted by atomic mass is 10.2. The van der Waals surface area contributed by atoms with Crippen molar-refractivity contribution >= 4 is 49.2 Å². The summed E-state index contributed by atoms with van der Waals surface area (Å²) < 4.78 is 73.4. The number of imidazole rings is 1. The molecule has 0 saturated heterocycles. The van der Waals surface area contributed by atoms with Crippen LogP contribution < -0.4 is 14.4 Å². The number of H-pyrrole nitrogens is 1. The number of benzene rings is 2. The number of nitrogens with one attached hydrogen (secondary N) is 2. The second kappa shape index (κ2) is 12.5. The average Bonchev–Trinajstić information content (AvgIpc) is 3.38. The number of hydrogen-bond donors (Lipinski definition) is 3. The number of anilines is 2. The molecule has 2 aromatic carbocycles. The van der Waals surface area contributed by atoms with Crippen molar-refractivity contribution in [1.82, 2.24) is 9.97 Å². The van der Waals surface area contributed by atoms with Crippen LogP contribution in [0.1, 0.15) is 42.0 Å².